The summed E-state index contributed by atoms with van der Waals surface area (Å²) in [6.45, 7) is 7.30. The minimum absolute atomic E-state index is 0.0333. The second-order valence-corrected chi connectivity index (χ2v) is 6.59. The van der Waals surface area contributed by atoms with Crippen molar-refractivity contribution in [2.45, 2.75) is 27.2 Å². The van der Waals surface area contributed by atoms with Crippen LogP contribution < -0.4 is 10.6 Å². The zero-order valence-electron chi connectivity index (χ0n) is 12.8. The minimum atomic E-state index is -0.581. The number of amides is 2. The summed E-state index contributed by atoms with van der Waals surface area (Å²) < 4.78 is 0. The molecule has 0 radical (unpaired) electrons. The molecule has 0 bridgehead atoms. The van der Waals surface area contributed by atoms with E-state index in [0.29, 0.717) is 13.1 Å². The second-order valence-electron chi connectivity index (χ2n) is 6.59. The Kier molecular flexibility index (Phi) is 4.60. The van der Waals surface area contributed by atoms with Gasteiger partial charge in [0.2, 0.25) is 11.8 Å². The van der Waals surface area contributed by atoms with Crippen molar-refractivity contribution in [2.75, 3.05) is 13.1 Å². The van der Waals surface area contributed by atoms with E-state index < -0.39 is 5.92 Å². The summed E-state index contributed by atoms with van der Waals surface area (Å²) in [7, 11) is 0. The average Bonchev–Trinajstić information content (AvgIpc) is 2.82. The molecule has 0 aliphatic carbocycles. The standard InChI is InChI=1S/C16H23N3O2/c1-16(2,3)12-10-19-15(21)13(12)14(20)18-9-6-11-4-7-17-8-5-11/h4-5,7-8,12-13H,6,9-10H2,1-3H3,(H,18,20)(H,19,21)/t12-,13-/m1/s1. The minimum Gasteiger partial charge on any atom is -0.355 e. The molecule has 2 atom stereocenters. The number of carbonyl (C=O) groups excluding carboxylic acids is 2. The highest BCUT2D eigenvalue weighted by Crippen LogP contribution is 2.35. The van der Waals surface area contributed by atoms with E-state index in [0.717, 1.165) is 12.0 Å². The molecule has 0 unspecified atom stereocenters. The van der Waals surface area contributed by atoms with Gasteiger partial charge in [-0.1, -0.05) is 20.8 Å². The monoisotopic (exact) mass is 289 g/mol. The molecule has 1 aromatic heterocycles. The van der Waals surface area contributed by atoms with Gasteiger partial charge in [-0.25, -0.2) is 0 Å². The number of hydrogen-bond donors (Lipinski definition) is 2. The summed E-state index contributed by atoms with van der Waals surface area (Å²) in [4.78, 5) is 28.2. The van der Waals surface area contributed by atoms with E-state index in [9.17, 15) is 9.59 Å². The number of aromatic nitrogens is 1. The predicted octanol–water partition coefficient (Wildman–Crippen LogP) is 1.15. The molecule has 5 nitrogen and oxygen atoms in total. The van der Waals surface area contributed by atoms with Crippen LogP contribution in [0.25, 0.3) is 0 Å². The van der Waals surface area contributed by atoms with Crippen LogP contribution in [0.5, 0.6) is 0 Å². The molecule has 2 amide bonds. The third-order valence-corrected chi connectivity index (χ3v) is 4.04. The van der Waals surface area contributed by atoms with Crippen LogP contribution in [-0.2, 0) is 16.0 Å². The first-order valence-electron chi connectivity index (χ1n) is 7.34. The van der Waals surface area contributed by atoms with E-state index in [1.807, 2.05) is 12.1 Å². The maximum Gasteiger partial charge on any atom is 0.232 e. The fourth-order valence-electron chi connectivity index (χ4n) is 2.72. The summed E-state index contributed by atoms with van der Waals surface area (Å²) in [6, 6.07) is 3.85. The number of carbonyl (C=O) groups is 2. The van der Waals surface area contributed by atoms with Crippen LogP contribution in [0.3, 0.4) is 0 Å². The molecule has 0 saturated carbocycles. The Balaban J connectivity index is 1.91. The molecule has 2 rings (SSSR count). The van der Waals surface area contributed by atoms with Crippen molar-refractivity contribution in [3.63, 3.8) is 0 Å². The number of nitrogens with one attached hydrogen (secondary N) is 2. The molecule has 114 valence electrons. The van der Waals surface area contributed by atoms with Crippen molar-refractivity contribution >= 4 is 11.8 Å². The van der Waals surface area contributed by atoms with Gasteiger partial charge in [-0.15, -0.1) is 0 Å². The van der Waals surface area contributed by atoms with Crippen LogP contribution in [0.4, 0.5) is 0 Å². The lowest BCUT2D eigenvalue weighted by Gasteiger charge is -2.29. The summed E-state index contributed by atoms with van der Waals surface area (Å²) in [6.07, 6.45) is 4.21. The van der Waals surface area contributed by atoms with Gasteiger partial charge in [-0.2, -0.15) is 0 Å². The molecule has 2 heterocycles. The molecular weight excluding hydrogens is 266 g/mol. The van der Waals surface area contributed by atoms with Crippen LogP contribution in [0.2, 0.25) is 0 Å². The Hall–Kier alpha value is -1.91. The van der Waals surface area contributed by atoms with Crippen molar-refractivity contribution in [3.05, 3.63) is 30.1 Å². The van der Waals surface area contributed by atoms with Gasteiger partial charge in [-0.3, -0.25) is 14.6 Å². The predicted molar refractivity (Wildman–Crippen MR) is 80.4 cm³/mol. The molecule has 2 N–H and O–H groups in total. The average molecular weight is 289 g/mol. The summed E-state index contributed by atoms with van der Waals surface area (Å²) in [5.74, 6) is -0.872. The lowest BCUT2D eigenvalue weighted by atomic mass is 9.74. The second kappa shape index (κ2) is 6.24. The molecule has 1 saturated heterocycles. The van der Waals surface area contributed by atoms with Crippen LogP contribution in [0.15, 0.2) is 24.5 Å². The number of rotatable bonds is 4. The first kappa shape index (κ1) is 15.5. The van der Waals surface area contributed by atoms with Gasteiger partial charge in [0, 0.05) is 31.4 Å². The van der Waals surface area contributed by atoms with E-state index in [1.54, 1.807) is 12.4 Å². The topological polar surface area (TPSA) is 71.1 Å². The van der Waals surface area contributed by atoms with Crippen molar-refractivity contribution in [2.24, 2.45) is 17.3 Å². The van der Waals surface area contributed by atoms with Crippen LogP contribution in [0.1, 0.15) is 26.3 Å². The highest BCUT2D eigenvalue weighted by atomic mass is 16.2. The van der Waals surface area contributed by atoms with Crippen molar-refractivity contribution in [1.29, 1.82) is 0 Å². The van der Waals surface area contributed by atoms with Crippen LogP contribution in [0, 0.1) is 17.3 Å². The first-order valence-corrected chi connectivity index (χ1v) is 7.34. The maximum atomic E-state index is 12.3. The molecule has 1 aliphatic rings. The molecule has 5 heteroatoms. The molecule has 21 heavy (non-hydrogen) atoms. The lowest BCUT2D eigenvalue weighted by molar-refractivity contribution is -0.135. The Morgan fingerprint density at radius 2 is 2.05 bits per heavy atom. The first-order chi connectivity index (χ1) is 9.89. The third-order valence-electron chi connectivity index (χ3n) is 4.04. The number of nitrogens with zero attached hydrogens (tertiary/aromatic N) is 1. The normalized spacial score (nSPS) is 22.0. The van der Waals surface area contributed by atoms with Gasteiger partial charge >= 0.3 is 0 Å². The summed E-state index contributed by atoms with van der Waals surface area (Å²) >= 11 is 0. The van der Waals surface area contributed by atoms with Gasteiger partial charge in [0.15, 0.2) is 0 Å². The van der Waals surface area contributed by atoms with Gasteiger partial charge in [0.25, 0.3) is 0 Å². The summed E-state index contributed by atoms with van der Waals surface area (Å²) in [5, 5.41) is 5.69. The Bertz CT molecular complexity index is 508. The zero-order chi connectivity index (χ0) is 15.5. The highest BCUT2D eigenvalue weighted by Gasteiger charge is 2.45. The van der Waals surface area contributed by atoms with Crippen LogP contribution >= 0.6 is 0 Å². The van der Waals surface area contributed by atoms with E-state index in [1.165, 1.54) is 0 Å². The molecular formula is C16H23N3O2. The maximum absolute atomic E-state index is 12.3. The Morgan fingerprint density at radius 3 is 2.67 bits per heavy atom. The highest BCUT2D eigenvalue weighted by molar-refractivity contribution is 6.02. The molecule has 1 fully saturated rings. The van der Waals surface area contributed by atoms with Gasteiger partial charge in [0.1, 0.15) is 5.92 Å². The largest absolute Gasteiger partial charge is 0.355 e. The lowest BCUT2D eigenvalue weighted by Crippen LogP contribution is -2.41. The Labute approximate surface area is 125 Å². The zero-order valence-corrected chi connectivity index (χ0v) is 12.8. The Morgan fingerprint density at radius 1 is 1.38 bits per heavy atom. The van der Waals surface area contributed by atoms with E-state index in [2.05, 4.69) is 36.4 Å². The fourth-order valence-corrected chi connectivity index (χ4v) is 2.72. The molecule has 0 spiro atoms. The van der Waals surface area contributed by atoms with Gasteiger partial charge < -0.3 is 10.6 Å². The van der Waals surface area contributed by atoms with Crippen LogP contribution in [-0.4, -0.2) is 29.9 Å². The van der Waals surface area contributed by atoms with Crippen molar-refractivity contribution in [1.82, 2.24) is 15.6 Å². The van der Waals surface area contributed by atoms with E-state index in [-0.39, 0.29) is 23.1 Å². The molecule has 1 aromatic rings. The number of hydrogen-bond acceptors (Lipinski definition) is 3. The SMILES string of the molecule is CC(C)(C)[C@@H]1CNC(=O)[C@H]1C(=O)NCCc1ccncc1. The van der Waals surface area contributed by atoms with Gasteiger partial charge in [0.05, 0.1) is 0 Å². The fraction of sp³-hybridized carbons (Fsp3) is 0.562. The van der Waals surface area contributed by atoms with Crippen molar-refractivity contribution < 1.29 is 9.59 Å². The third kappa shape index (κ3) is 3.80. The smallest absolute Gasteiger partial charge is 0.232 e. The van der Waals surface area contributed by atoms with E-state index in [4.69, 9.17) is 0 Å². The molecule has 0 aromatic carbocycles. The molecule has 1 aliphatic heterocycles. The quantitative estimate of drug-likeness (QED) is 0.817. The van der Waals surface area contributed by atoms with Gasteiger partial charge in [-0.05, 0) is 29.5 Å². The number of pyridine rings is 1. The summed E-state index contributed by atoms with van der Waals surface area (Å²) in [5.41, 5.74) is 1.04. The van der Waals surface area contributed by atoms with Crippen molar-refractivity contribution in [3.8, 4) is 0 Å². The van der Waals surface area contributed by atoms with E-state index >= 15 is 0 Å².